The molecule has 0 aromatic heterocycles. The summed E-state index contributed by atoms with van der Waals surface area (Å²) in [7, 11) is -1.35. The lowest BCUT2D eigenvalue weighted by atomic mass is 10.2. The molecule has 2 rings (SSSR count). The fourth-order valence-corrected chi connectivity index (χ4v) is 3.68. The zero-order valence-corrected chi connectivity index (χ0v) is 12.1. The van der Waals surface area contributed by atoms with Crippen LogP contribution in [-0.4, -0.2) is 50.8 Å². The fraction of sp³-hybridized carbons (Fsp3) is 0.538. The van der Waals surface area contributed by atoms with E-state index in [4.69, 9.17) is 5.73 Å². The first-order valence-corrected chi connectivity index (χ1v) is 7.96. The minimum absolute atomic E-state index is 0.356. The van der Waals surface area contributed by atoms with Crippen molar-refractivity contribution < 1.29 is 8.42 Å². The number of sulfonamides is 1. The predicted octanol–water partition coefficient (Wildman–Crippen LogP) is 0.472. The molecule has 0 aliphatic carbocycles. The van der Waals surface area contributed by atoms with E-state index in [9.17, 15) is 8.42 Å². The molecule has 0 saturated carbocycles. The average molecular weight is 283 g/mol. The molecule has 0 atom stereocenters. The molecule has 19 heavy (non-hydrogen) atoms. The van der Waals surface area contributed by atoms with Crippen LogP contribution >= 0.6 is 0 Å². The van der Waals surface area contributed by atoms with Gasteiger partial charge in [-0.15, -0.1) is 0 Å². The van der Waals surface area contributed by atoms with Crippen molar-refractivity contribution in [2.75, 3.05) is 33.2 Å². The van der Waals surface area contributed by atoms with Gasteiger partial charge in [0, 0.05) is 26.2 Å². The highest BCUT2D eigenvalue weighted by atomic mass is 32.2. The highest BCUT2D eigenvalue weighted by Crippen LogP contribution is 2.18. The normalized spacial score (nSPS) is 19.3. The van der Waals surface area contributed by atoms with Crippen molar-refractivity contribution in [1.82, 2.24) is 9.21 Å². The largest absolute Gasteiger partial charge is 0.326 e. The first kappa shape index (κ1) is 14.5. The topological polar surface area (TPSA) is 66.6 Å². The fourth-order valence-electron chi connectivity index (χ4n) is 2.21. The second-order valence-electron chi connectivity index (χ2n) is 4.91. The number of nitrogens with zero attached hydrogens (tertiary/aromatic N) is 2. The van der Waals surface area contributed by atoms with Gasteiger partial charge >= 0.3 is 0 Å². The quantitative estimate of drug-likeness (QED) is 0.876. The standard InChI is InChI=1S/C13H21N3O2S/c1-15-7-2-8-16(10-9-15)19(17,18)13-5-3-12(11-14)4-6-13/h3-6H,2,7-11,14H2,1H3. The maximum absolute atomic E-state index is 12.5. The average Bonchev–Trinajstić information content (AvgIpc) is 2.64. The second-order valence-corrected chi connectivity index (χ2v) is 6.85. The SMILES string of the molecule is CN1CCCN(S(=O)(=O)c2ccc(CN)cc2)CC1. The number of nitrogens with two attached hydrogens (primary N) is 1. The number of likely N-dealkylation sites (N-methyl/N-ethyl adjacent to an activating group) is 1. The molecule has 1 aliphatic heterocycles. The van der Waals surface area contributed by atoms with Gasteiger partial charge in [-0.05, 0) is 37.7 Å². The lowest BCUT2D eigenvalue weighted by Gasteiger charge is -2.20. The number of benzene rings is 1. The maximum atomic E-state index is 12.5. The Balaban J connectivity index is 2.20. The Labute approximate surface area is 115 Å². The summed E-state index contributed by atoms with van der Waals surface area (Å²) in [5.74, 6) is 0. The molecule has 0 bridgehead atoms. The van der Waals surface area contributed by atoms with Crippen LogP contribution in [0.1, 0.15) is 12.0 Å². The molecule has 1 fully saturated rings. The van der Waals surface area contributed by atoms with Crippen LogP contribution in [0, 0.1) is 0 Å². The van der Waals surface area contributed by atoms with Crippen molar-refractivity contribution >= 4 is 10.0 Å². The van der Waals surface area contributed by atoms with Crippen molar-refractivity contribution in [3.8, 4) is 0 Å². The third kappa shape index (κ3) is 3.33. The van der Waals surface area contributed by atoms with E-state index in [1.807, 2.05) is 7.05 Å². The smallest absolute Gasteiger partial charge is 0.243 e. The van der Waals surface area contributed by atoms with Gasteiger partial charge < -0.3 is 10.6 Å². The Hall–Kier alpha value is -0.950. The monoisotopic (exact) mass is 283 g/mol. The molecule has 1 heterocycles. The Bertz CT molecular complexity index is 513. The summed E-state index contributed by atoms with van der Waals surface area (Å²) in [6.45, 7) is 3.29. The molecule has 1 aromatic rings. The summed E-state index contributed by atoms with van der Waals surface area (Å²) < 4.78 is 26.6. The Kier molecular flexibility index (Phi) is 4.57. The van der Waals surface area contributed by atoms with E-state index in [2.05, 4.69) is 4.90 Å². The third-order valence-electron chi connectivity index (χ3n) is 3.48. The minimum atomic E-state index is -3.37. The number of hydrogen-bond donors (Lipinski definition) is 1. The van der Waals surface area contributed by atoms with E-state index in [1.54, 1.807) is 28.6 Å². The van der Waals surface area contributed by atoms with Crippen LogP contribution in [-0.2, 0) is 16.6 Å². The molecule has 1 saturated heterocycles. The Morgan fingerprint density at radius 2 is 1.79 bits per heavy atom. The minimum Gasteiger partial charge on any atom is -0.326 e. The van der Waals surface area contributed by atoms with Gasteiger partial charge in [0.25, 0.3) is 0 Å². The molecule has 5 nitrogen and oxygen atoms in total. The summed E-state index contributed by atoms with van der Waals surface area (Å²) in [4.78, 5) is 2.52. The van der Waals surface area contributed by atoms with Crippen molar-refractivity contribution in [2.24, 2.45) is 5.73 Å². The molecular weight excluding hydrogens is 262 g/mol. The van der Waals surface area contributed by atoms with Gasteiger partial charge in [-0.25, -0.2) is 8.42 Å². The van der Waals surface area contributed by atoms with Crippen LogP contribution in [0.25, 0.3) is 0 Å². The first-order valence-electron chi connectivity index (χ1n) is 6.52. The van der Waals surface area contributed by atoms with Gasteiger partial charge in [0.05, 0.1) is 4.90 Å². The van der Waals surface area contributed by atoms with Gasteiger partial charge in [-0.1, -0.05) is 12.1 Å². The van der Waals surface area contributed by atoms with Crippen LogP contribution in [0.15, 0.2) is 29.2 Å². The molecular formula is C13H21N3O2S. The molecule has 0 radical (unpaired) electrons. The molecule has 6 heteroatoms. The van der Waals surface area contributed by atoms with Crippen LogP contribution in [0.2, 0.25) is 0 Å². The van der Waals surface area contributed by atoms with Crippen LogP contribution in [0.3, 0.4) is 0 Å². The first-order chi connectivity index (χ1) is 9.04. The zero-order valence-electron chi connectivity index (χ0n) is 11.2. The highest BCUT2D eigenvalue weighted by molar-refractivity contribution is 7.89. The second kappa shape index (κ2) is 6.00. The molecule has 1 aromatic carbocycles. The summed E-state index contributed by atoms with van der Waals surface area (Å²) in [5, 5.41) is 0. The van der Waals surface area contributed by atoms with Gasteiger partial charge in [-0.3, -0.25) is 0 Å². The molecule has 0 unspecified atom stereocenters. The molecule has 0 amide bonds. The van der Waals surface area contributed by atoms with Crippen molar-refractivity contribution in [1.29, 1.82) is 0 Å². The van der Waals surface area contributed by atoms with Gasteiger partial charge in [0.1, 0.15) is 0 Å². The summed E-state index contributed by atoms with van der Waals surface area (Å²) in [6.07, 6.45) is 0.872. The molecule has 0 spiro atoms. The summed E-state index contributed by atoms with van der Waals surface area (Å²) >= 11 is 0. The lowest BCUT2D eigenvalue weighted by molar-refractivity contribution is 0.347. The molecule has 2 N–H and O–H groups in total. The molecule has 1 aliphatic rings. The van der Waals surface area contributed by atoms with E-state index in [0.717, 1.165) is 25.1 Å². The van der Waals surface area contributed by atoms with Crippen molar-refractivity contribution in [2.45, 2.75) is 17.9 Å². The predicted molar refractivity (Wildman–Crippen MR) is 75.2 cm³/mol. The van der Waals surface area contributed by atoms with E-state index in [1.165, 1.54) is 0 Å². The van der Waals surface area contributed by atoms with Gasteiger partial charge in [0.2, 0.25) is 10.0 Å². The van der Waals surface area contributed by atoms with Gasteiger partial charge in [0.15, 0.2) is 0 Å². The maximum Gasteiger partial charge on any atom is 0.243 e. The lowest BCUT2D eigenvalue weighted by Crippen LogP contribution is -2.34. The zero-order chi connectivity index (χ0) is 13.9. The Morgan fingerprint density at radius 3 is 2.42 bits per heavy atom. The van der Waals surface area contributed by atoms with E-state index in [-0.39, 0.29) is 0 Å². The van der Waals surface area contributed by atoms with E-state index >= 15 is 0 Å². The van der Waals surface area contributed by atoms with Crippen LogP contribution in [0.4, 0.5) is 0 Å². The van der Waals surface area contributed by atoms with E-state index in [0.29, 0.717) is 24.5 Å². The van der Waals surface area contributed by atoms with E-state index < -0.39 is 10.0 Å². The number of rotatable bonds is 3. The van der Waals surface area contributed by atoms with Crippen molar-refractivity contribution in [3.05, 3.63) is 29.8 Å². The Morgan fingerprint density at radius 1 is 1.11 bits per heavy atom. The van der Waals surface area contributed by atoms with Gasteiger partial charge in [-0.2, -0.15) is 4.31 Å². The van der Waals surface area contributed by atoms with Crippen LogP contribution in [0.5, 0.6) is 0 Å². The van der Waals surface area contributed by atoms with Crippen molar-refractivity contribution in [3.63, 3.8) is 0 Å². The summed E-state index contributed by atoms with van der Waals surface area (Å²) in [6, 6.07) is 6.84. The number of hydrogen-bond acceptors (Lipinski definition) is 4. The summed E-state index contributed by atoms with van der Waals surface area (Å²) in [5.41, 5.74) is 6.46. The molecule has 106 valence electrons. The van der Waals surface area contributed by atoms with Crippen LogP contribution < -0.4 is 5.73 Å². The highest BCUT2D eigenvalue weighted by Gasteiger charge is 2.25. The third-order valence-corrected chi connectivity index (χ3v) is 5.39.